The van der Waals surface area contributed by atoms with E-state index in [4.69, 9.17) is 0 Å². The molecule has 0 saturated carbocycles. The van der Waals surface area contributed by atoms with Gasteiger partial charge >= 0.3 is 0 Å². The Kier molecular flexibility index (Phi) is 1.98. The van der Waals surface area contributed by atoms with Crippen molar-refractivity contribution in [2.45, 2.75) is 26.2 Å². The molecule has 0 spiro atoms. The zero-order valence-electron chi connectivity index (χ0n) is 8.54. The monoisotopic (exact) mass is 176 g/mol. The highest BCUT2D eigenvalue weighted by molar-refractivity contribution is 5.57. The first-order valence-corrected chi connectivity index (χ1v) is 4.88. The van der Waals surface area contributed by atoms with Crippen molar-refractivity contribution in [3.05, 3.63) is 23.5 Å². The van der Waals surface area contributed by atoms with E-state index >= 15 is 0 Å². The molecule has 1 aromatic heterocycles. The molecule has 0 amide bonds. The Morgan fingerprint density at radius 1 is 1.46 bits per heavy atom. The van der Waals surface area contributed by atoms with Crippen LogP contribution >= 0.6 is 0 Å². The number of nitrogens with zero attached hydrogens (tertiary/aromatic N) is 2. The molecule has 0 bridgehead atoms. The molecule has 0 aliphatic carbocycles. The van der Waals surface area contributed by atoms with Gasteiger partial charge in [-0.05, 0) is 24.0 Å². The smallest absolute Gasteiger partial charge is 0.0449 e. The summed E-state index contributed by atoms with van der Waals surface area (Å²) in [6.45, 7) is 5.51. The molecular formula is C11H16N2. The maximum Gasteiger partial charge on any atom is 0.0449 e. The molecule has 1 aromatic rings. The standard InChI is InChI=1S/C11H16N2/c1-8(2)10-6-11-9(7-12-10)4-5-13(11)3/h6-8H,4-5H2,1-3H3. The molecule has 0 fully saturated rings. The maximum absolute atomic E-state index is 4.46. The van der Waals surface area contributed by atoms with E-state index in [-0.39, 0.29) is 0 Å². The number of anilines is 1. The van der Waals surface area contributed by atoms with Gasteiger partial charge in [0.25, 0.3) is 0 Å². The predicted molar refractivity (Wildman–Crippen MR) is 55.3 cm³/mol. The minimum absolute atomic E-state index is 0.527. The van der Waals surface area contributed by atoms with Crippen LogP contribution in [-0.2, 0) is 6.42 Å². The summed E-state index contributed by atoms with van der Waals surface area (Å²) in [4.78, 5) is 6.77. The van der Waals surface area contributed by atoms with E-state index in [0.29, 0.717) is 5.92 Å². The van der Waals surface area contributed by atoms with E-state index in [1.54, 1.807) is 0 Å². The van der Waals surface area contributed by atoms with Crippen LogP contribution in [0.4, 0.5) is 5.69 Å². The van der Waals surface area contributed by atoms with Crippen LogP contribution in [0.25, 0.3) is 0 Å². The van der Waals surface area contributed by atoms with Crippen LogP contribution in [0.3, 0.4) is 0 Å². The number of fused-ring (bicyclic) bond motifs is 1. The molecule has 2 heterocycles. The third kappa shape index (κ3) is 1.41. The van der Waals surface area contributed by atoms with Gasteiger partial charge in [0.05, 0.1) is 0 Å². The van der Waals surface area contributed by atoms with Crippen molar-refractivity contribution in [3.8, 4) is 0 Å². The van der Waals surface area contributed by atoms with Crippen LogP contribution in [-0.4, -0.2) is 18.6 Å². The molecule has 0 aromatic carbocycles. The molecule has 70 valence electrons. The van der Waals surface area contributed by atoms with Crippen molar-refractivity contribution < 1.29 is 0 Å². The van der Waals surface area contributed by atoms with Crippen molar-refractivity contribution in [3.63, 3.8) is 0 Å². The van der Waals surface area contributed by atoms with E-state index in [1.807, 2.05) is 6.20 Å². The van der Waals surface area contributed by atoms with Crippen molar-refractivity contribution in [1.82, 2.24) is 4.98 Å². The van der Waals surface area contributed by atoms with E-state index < -0.39 is 0 Å². The summed E-state index contributed by atoms with van der Waals surface area (Å²) in [5.41, 5.74) is 3.97. The quantitative estimate of drug-likeness (QED) is 0.652. The highest BCUT2D eigenvalue weighted by Crippen LogP contribution is 2.28. The first kappa shape index (κ1) is 8.54. The van der Waals surface area contributed by atoms with Gasteiger partial charge in [0.1, 0.15) is 0 Å². The van der Waals surface area contributed by atoms with Crippen LogP contribution in [0.15, 0.2) is 12.3 Å². The molecule has 1 aliphatic heterocycles. The van der Waals surface area contributed by atoms with Crippen LogP contribution < -0.4 is 4.90 Å². The first-order chi connectivity index (χ1) is 6.18. The first-order valence-electron chi connectivity index (χ1n) is 4.88. The van der Waals surface area contributed by atoms with Gasteiger partial charge in [-0.2, -0.15) is 0 Å². The SMILES string of the molecule is CC(C)c1cc2c(cn1)CCN2C. The fourth-order valence-corrected chi connectivity index (χ4v) is 1.76. The van der Waals surface area contributed by atoms with E-state index in [1.165, 1.54) is 16.9 Å². The van der Waals surface area contributed by atoms with Crippen LogP contribution in [0.1, 0.15) is 31.0 Å². The second-order valence-electron chi connectivity index (χ2n) is 4.06. The van der Waals surface area contributed by atoms with Crippen LogP contribution in [0, 0.1) is 0 Å². The Hall–Kier alpha value is -1.05. The minimum Gasteiger partial charge on any atom is -0.374 e. The summed E-state index contributed by atoms with van der Waals surface area (Å²) in [7, 11) is 2.15. The van der Waals surface area contributed by atoms with Gasteiger partial charge in [0.2, 0.25) is 0 Å². The molecule has 0 saturated heterocycles. The average molecular weight is 176 g/mol. The van der Waals surface area contributed by atoms with Gasteiger partial charge in [-0.1, -0.05) is 13.8 Å². The lowest BCUT2D eigenvalue weighted by Crippen LogP contribution is -2.12. The topological polar surface area (TPSA) is 16.1 Å². The van der Waals surface area contributed by atoms with E-state index in [0.717, 1.165) is 13.0 Å². The molecule has 13 heavy (non-hydrogen) atoms. The molecular weight excluding hydrogens is 160 g/mol. The molecule has 0 N–H and O–H groups in total. The summed E-state index contributed by atoms with van der Waals surface area (Å²) in [6, 6.07) is 2.23. The second-order valence-corrected chi connectivity index (χ2v) is 4.06. The van der Waals surface area contributed by atoms with Gasteiger partial charge in [-0.3, -0.25) is 4.98 Å². The van der Waals surface area contributed by atoms with E-state index in [9.17, 15) is 0 Å². The van der Waals surface area contributed by atoms with Crippen molar-refractivity contribution in [2.75, 3.05) is 18.5 Å². The van der Waals surface area contributed by atoms with Crippen LogP contribution in [0.5, 0.6) is 0 Å². The number of likely N-dealkylation sites (N-methyl/N-ethyl adjacent to an activating group) is 1. The summed E-state index contributed by atoms with van der Waals surface area (Å²) in [5.74, 6) is 0.527. The van der Waals surface area contributed by atoms with Crippen molar-refractivity contribution >= 4 is 5.69 Å². The largest absolute Gasteiger partial charge is 0.374 e. The molecule has 2 heteroatoms. The third-order valence-electron chi connectivity index (χ3n) is 2.70. The van der Waals surface area contributed by atoms with Crippen molar-refractivity contribution in [2.24, 2.45) is 0 Å². The Bertz CT molecular complexity index is 318. The lowest BCUT2D eigenvalue weighted by atomic mass is 10.1. The lowest BCUT2D eigenvalue weighted by Gasteiger charge is -2.13. The number of aromatic nitrogens is 1. The van der Waals surface area contributed by atoms with Gasteiger partial charge in [-0.15, -0.1) is 0 Å². The molecule has 0 atom stereocenters. The number of pyridine rings is 1. The maximum atomic E-state index is 4.46. The van der Waals surface area contributed by atoms with Crippen LogP contribution in [0.2, 0.25) is 0 Å². The Morgan fingerprint density at radius 2 is 2.23 bits per heavy atom. The summed E-state index contributed by atoms with van der Waals surface area (Å²) in [6.07, 6.45) is 3.19. The van der Waals surface area contributed by atoms with E-state index in [2.05, 4.69) is 36.8 Å². The zero-order valence-corrected chi connectivity index (χ0v) is 8.54. The summed E-state index contributed by atoms with van der Waals surface area (Å²) in [5, 5.41) is 0. The summed E-state index contributed by atoms with van der Waals surface area (Å²) >= 11 is 0. The highest BCUT2D eigenvalue weighted by Gasteiger charge is 2.16. The van der Waals surface area contributed by atoms with Gasteiger partial charge in [0, 0.05) is 31.2 Å². The number of hydrogen-bond donors (Lipinski definition) is 0. The highest BCUT2D eigenvalue weighted by atomic mass is 15.1. The van der Waals surface area contributed by atoms with Gasteiger partial charge < -0.3 is 4.90 Å². The Morgan fingerprint density at radius 3 is 2.92 bits per heavy atom. The molecule has 1 aliphatic rings. The second kappa shape index (κ2) is 3.02. The zero-order chi connectivity index (χ0) is 9.42. The fourth-order valence-electron chi connectivity index (χ4n) is 1.76. The lowest BCUT2D eigenvalue weighted by molar-refractivity contribution is 0.821. The molecule has 2 nitrogen and oxygen atoms in total. The van der Waals surface area contributed by atoms with Crippen molar-refractivity contribution in [1.29, 1.82) is 0 Å². The Labute approximate surface area is 79.6 Å². The summed E-state index contributed by atoms with van der Waals surface area (Å²) < 4.78 is 0. The van der Waals surface area contributed by atoms with Gasteiger partial charge in [-0.25, -0.2) is 0 Å². The number of hydrogen-bond acceptors (Lipinski definition) is 2. The van der Waals surface area contributed by atoms with Gasteiger partial charge in [0.15, 0.2) is 0 Å². The average Bonchev–Trinajstić information content (AvgIpc) is 2.47. The molecule has 0 radical (unpaired) electrons. The molecule has 0 unspecified atom stereocenters. The fraction of sp³-hybridized carbons (Fsp3) is 0.545. The molecule has 2 rings (SSSR count). The predicted octanol–water partition coefficient (Wildman–Crippen LogP) is 2.20. The Balaban J connectivity index is 2.42. The normalized spacial score (nSPS) is 15.2. The number of rotatable bonds is 1. The third-order valence-corrected chi connectivity index (χ3v) is 2.70. The minimum atomic E-state index is 0.527.